The number of rotatable bonds is 5. The van der Waals surface area contributed by atoms with Crippen LogP contribution in [0.25, 0.3) is 11.0 Å². The van der Waals surface area contributed by atoms with Crippen molar-refractivity contribution in [1.82, 2.24) is 9.55 Å². The lowest BCUT2D eigenvalue weighted by atomic mass is 10.2. The Hall–Kier alpha value is -2.00. The van der Waals surface area contributed by atoms with Crippen molar-refractivity contribution >= 4 is 22.6 Å². The summed E-state index contributed by atoms with van der Waals surface area (Å²) in [6, 6.07) is 13.9. The van der Waals surface area contributed by atoms with Gasteiger partial charge in [-0.3, -0.25) is 0 Å². The Morgan fingerprint density at radius 1 is 1.19 bits per heavy atom. The Labute approximate surface area is 129 Å². The van der Waals surface area contributed by atoms with Gasteiger partial charge in [0.1, 0.15) is 5.75 Å². The van der Waals surface area contributed by atoms with E-state index >= 15 is 0 Å². The minimum absolute atomic E-state index is 0.674. The van der Waals surface area contributed by atoms with Gasteiger partial charge in [-0.2, -0.15) is 0 Å². The predicted molar refractivity (Wildman–Crippen MR) is 86.0 cm³/mol. The number of aromatic nitrogens is 2. The van der Waals surface area contributed by atoms with E-state index in [9.17, 15) is 0 Å². The maximum absolute atomic E-state index is 6.00. The number of ether oxygens (including phenoxy) is 1. The zero-order valence-electron chi connectivity index (χ0n) is 11.9. The second-order valence-electron chi connectivity index (χ2n) is 5.04. The second-order valence-corrected chi connectivity index (χ2v) is 5.45. The summed E-state index contributed by atoms with van der Waals surface area (Å²) in [5, 5.41) is 0.771. The predicted octanol–water partition coefficient (Wildman–Crippen LogP) is 4.47. The monoisotopic (exact) mass is 300 g/mol. The molecule has 108 valence electrons. The third kappa shape index (κ3) is 3.19. The average Bonchev–Trinajstić information content (AvgIpc) is 2.91. The van der Waals surface area contributed by atoms with Crippen molar-refractivity contribution in [2.24, 2.45) is 0 Å². The Bertz CT molecular complexity index is 751. The molecule has 0 N–H and O–H groups in total. The molecule has 0 saturated carbocycles. The molecule has 1 aromatic heterocycles. The SMILES string of the molecule is Cc1cc(OCCCn2cnc3ccccc32)ccc1Cl. The molecule has 0 spiro atoms. The van der Waals surface area contributed by atoms with Crippen LogP contribution in [0.2, 0.25) is 5.02 Å². The smallest absolute Gasteiger partial charge is 0.119 e. The highest BCUT2D eigenvalue weighted by Crippen LogP contribution is 2.21. The van der Waals surface area contributed by atoms with Crippen molar-refractivity contribution in [3.8, 4) is 5.75 Å². The van der Waals surface area contributed by atoms with Crippen LogP contribution in [0.5, 0.6) is 5.75 Å². The van der Waals surface area contributed by atoms with Gasteiger partial charge in [0.15, 0.2) is 0 Å². The minimum atomic E-state index is 0.674. The van der Waals surface area contributed by atoms with Gasteiger partial charge in [0.05, 0.1) is 24.0 Å². The molecule has 0 aliphatic carbocycles. The first-order valence-electron chi connectivity index (χ1n) is 7.03. The van der Waals surface area contributed by atoms with Crippen LogP contribution in [-0.4, -0.2) is 16.2 Å². The van der Waals surface area contributed by atoms with Crippen molar-refractivity contribution in [3.05, 3.63) is 59.4 Å². The highest BCUT2D eigenvalue weighted by atomic mass is 35.5. The molecule has 0 saturated heterocycles. The number of nitrogens with zero attached hydrogens (tertiary/aromatic N) is 2. The van der Waals surface area contributed by atoms with Gasteiger partial charge in [-0.05, 0) is 49.2 Å². The van der Waals surface area contributed by atoms with Gasteiger partial charge in [0, 0.05) is 11.6 Å². The van der Waals surface area contributed by atoms with Crippen molar-refractivity contribution in [1.29, 1.82) is 0 Å². The lowest BCUT2D eigenvalue weighted by molar-refractivity contribution is 0.302. The van der Waals surface area contributed by atoms with Gasteiger partial charge in [0.25, 0.3) is 0 Å². The molecule has 0 bridgehead atoms. The van der Waals surface area contributed by atoms with E-state index in [2.05, 4.69) is 15.6 Å². The van der Waals surface area contributed by atoms with Crippen LogP contribution >= 0.6 is 11.6 Å². The van der Waals surface area contributed by atoms with E-state index in [0.717, 1.165) is 34.8 Å². The van der Waals surface area contributed by atoms with Crippen LogP contribution in [0.3, 0.4) is 0 Å². The normalized spacial score (nSPS) is 11.0. The first kappa shape index (κ1) is 14.0. The standard InChI is InChI=1S/C17H17ClN2O/c1-13-11-14(7-8-15(13)18)21-10-4-9-20-12-19-16-5-2-3-6-17(16)20/h2-3,5-8,11-12H,4,9-10H2,1H3. The lowest BCUT2D eigenvalue weighted by Gasteiger charge is -2.08. The number of aryl methyl sites for hydroxylation is 2. The summed E-state index contributed by atoms with van der Waals surface area (Å²) in [4.78, 5) is 4.38. The summed E-state index contributed by atoms with van der Waals surface area (Å²) in [6.45, 7) is 3.55. The molecule has 0 aliphatic rings. The molecule has 3 rings (SSSR count). The van der Waals surface area contributed by atoms with E-state index < -0.39 is 0 Å². The Balaban J connectivity index is 1.55. The fourth-order valence-corrected chi connectivity index (χ4v) is 2.44. The third-order valence-corrected chi connectivity index (χ3v) is 3.89. The molecule has 3 nitrogen and oxygen atoms in total. The molecule has 0 fully saturated rings. The molecule has 1 heterocycles. The van der Waals surface area contributed by atoms with Crippen molar-refractivity contribution in [3.63, 3.8) is 0 Å². The summed E-state index contributed by atoms with van der Waals surface area (Å²) in [6.07, 6.45) is 2.82. The van der Waals surface area contributed by atoms with E-state index in [1.807, 2.05) is 49.6 Å². The number of fused-ring (bicyclic) bond motifs is 1. The largest absolute Gasteiger partial charge is 0.494 e. The van der Waals surface area contributed by atoms with Crippen LogP contribution in [0, 0.1) is 6.92 Å². The van der Waals surface area contributed by atoms with Crippen molar-refractivity contribution in [2.45, 2.75) is 19.9 Å². The molecule has 0 aliphatic heterocycles. The number of para-hydroxylation sites is 2. The van der Waals surface area contributed by atoms with Crippen LogP contribution in [0.4, 0.5) is 0 Å². The van der Waals surface area contributed by atoms with Crippen molar-refractivity contribution in [2.75, 3.05) is 6.61 Å². The fourth-order valence-electron chi connectivity index (χ4n) is 2.32. The number of hydrogen-bond acceptors (Lipinski definition) is 2. The van der Waals surface area contributed by atoms with E-state index in [1.54, 1.807) is 0 Å². The Kier molecular flexibility index (Phi) is 4.11. The van der Waals surface area contributed by atoms with Crippen LogP contribution in [0.15, 0.2) is 48.8 Å². The summed E-state index contributed by atoms with van der Waals surface area (Å²) < 4.78 is 7.92. The molecule has 21 heavy (non-hydrogen) atoms. The number of benzene rings is 2. The van der Waals surface area contributed by atoms with Crippen LogP contribution in [-0.2, 0) is 6.54 Å². The molecule has 0 amide bonds. The zero-order chi connectivity index (χ0) is 14.7. The third-order valence-electron chi connectivity index (χ3n) is 3.47. The Morgan fingerprint density at radius 3 is 2.90 bits per heavy atom. The first-order valence-corrected chi connectivity index (χ1v) is 7.40. The maximum Gasteiger partial charge on any atom is 0.119 e. The average molecular weight is 301 g/mol. The van der Waals surface area contributed by atoms with E-state index in [0.29, 0.717) is 6.61 Å². The minimum Gasteiger partial charge on any atom is -0.494 e. The fraction of sp³-hybridized carbons (Fsp3) is 0.235. The molecule has 2 aromatic carbocycles. The summed E-state index contributed by atoms with van der Waals surface area (Å²) in [7, 11) is 0. The highest BCUT2D eigenvalue weighted by Gasteiger charge is 2.02. The number of hydrogen-bond donors (Lipinski definition) is 0. The second kappa shape index (κ2) is 6.19. The number of halogens is 1. The molecule has 3 aromatic rings. The molecule has 0 atom stereocenters. The first-order chi connectivity index (χ1) is 10.2. The molecule has 4 heteroatoms. The van der Waals surface area contributed by atoms with Gasteiger partial charge < -0.3 is 9.30 Å². The van der Waals surface area contributed by atoms with Gasteiger partial charge in [0.2, 0.25) is 0 Å². The van der Waals surface area contributed by atoms with E-state index in [1.165, 1.54) is 5.52 Å². The molecule has 0 radical (unpaired) electrons. The summed E-state index contributed by atoms with van der Waals surface area (Å²) in [5.74, 6) is 0.868. The van der Waals surface area contributed by atoms with Crippen molar-refractivity contribution < 1.29 is 4.74 Å². The van der Waals surface area contributed by atoms with Gasteiger partial charge in [-0.1, -0.05) is 23.7 Å². The maximum atomic E-state index is 6.00. The topological polar surface area (TPSA) is 27.1 Å². The molecular weight excluding hydrogens is 284 g/mol. The Morgan fingerprint density at radius 2 is 2.05 bits per heavy atom. The molecular formula is C17H17ClN2O. The lowest BCUT2D eigenvalue weighted by Crippen LogP contribution is -2.03. The van der Waals surface area contributed by atoms with Crippen LogP contribution in [0.1, 0.15) is 12.0 Å². The molecule has 0 unspecified atom stereocenters. The highest BCUT2D eigenvalue weighted by molar-refractivity contribution is 6.31. The number of imidazole rings is 1. The summed E-state index contributed by atoms with van der Waals surface area (Å²) >= 11 is 6.00. The van der Waals surface area contributed by atoms with Gasteiger partial charge >= 0.3 is 0 Å². The quantitative estimate of drug-likeness (QED) is 0.650. The summed E-state index contributed by atoms with van der Waals surface area (Å²) in [5.41, 5.74) is 3.24. The van der Waals surface area contributed by atoms with E-state index in [-0.39, 0.29) is 0 Å². The zero-order valence-corrected chi connectivity index (χ0v) is 12.7. The van der Waals surface area contributed by atoms with E-state index in [4.69, 9.17) is 16.3 Å². The van der Waals surface area contributed by atoms with Gasteiger partial charge in [-0.15, -0.1) is 0 Å². The van der Waals surface area contributed by atoms with Crippen LogP contribution < -0.4 is 4.74 Å². The van der Waals surface area contributed by atoms with Gasteiger partial charge in [-0.25, -0.2) is 4.98 Å².